The first-order valence-corrected chi connectivity index (χ1v) is 5.41. The minimum Gasteiger partial charge on any atom is -0.393 e. The Kier molecular flexibility index (Phi) is 2.16. The summed E-state index contributed by atoms with van der Waals surface area (Å²) in [5.74, 6) is 0. The van der Waals surface area contributed by atoms with Gasteiger partial charge in [0.2, 0.25) is 0 Å². The van der Waals surface area contributed by atoms with Gasteiger partial charge in [0, 0.05) is 12.1 Å². The molecule has 0 spiro atoms. The molecule has 0 unspecified atom stereocenters. The van der Waals surface area contributed by atoms with E-state index in [4.69, 9.17) is 0 Å². The predicted octanol–water partition coefficient (Wildman–Crippen LogP) is 1.63. The fourth-order valence-electron chi connectivity index (χ4n) is 3.15. The highest BCUT2D eigenvalue weighted by Crippen LogP contribution is 2.43. The van der Waals surface area contributed by atoms with E-state index in [-0.39, 0.29) is 6.10 Å². The Bertz CT molecular complexity index is 202. The van der Waals surface area contributed by atoms with Crippen LogP contribution in [0.5, 0.6) is 0 Å². The summed E-state index contributed by atoms with van der Waals surface area (Å²) in [5.41, 5.74) is 0.395. The average Bonchev–Trinajstić information content (AvgIpc) is 2.03. The van der Waals surface area contributed by atoms with Crippen LogP contribution in [0.4, 0.5) is 0 Å². The van der Waals surface area contributed by atoms with Crippen molar-refractivity contribution in [3.63, 3.8) is 0 Å². The van der Waals surface area contributed by atoms with Gasteiger partial charge in [0.05, 0.1) is 6.10 Å². The van der Waals surface area contributed by atoms with E-state index in [1.165, 1.54) is 12.8 Å². The molecule has 2 nitrogen and oxygen atoms in total. The molecular formula is C11H21NO. The van der Waals surface area contributed by atoms with Crippen molar-refractivity contribution < 1.29 is 5.11 Å². The Labute approximate surface area is 80.9 Å². The SMILES string of the molecule is CN1[C@@H]2CCC(C)(C)[C@H]1C[C@H](O)C2. The number of hydrogen-bond donors (Lipinski definition) is 1. The second-order valence-electron chi connectivity index (χ2n) is 5.49. The van der Waals surface area contributed by atoms with E-state index in [0.717, 1.165) is 12.8 Å². The second-order valence-corrected chi connectivity index (χ2v) is 5.49. The number of rotatable bonds is 0. The van der Waals surface area contributed by atoms with Crippen LogP contribution in [0.1, 0.15) is 39.5 Å². The first-order chi connectivity index (χ1) is 6.00. The summed E-state index contributed by atoms with van der Waals surface area (Å²) in [5, 5.41) is 9.74. The molecule has 3 atom stereocenters. The molecule has 2 saturated heterocycles. The zero-order chi connectivity index (χ0) is 9.64. The highest BCUT2D eigenvalue weighted by molar-refractivity contribution is 4.99. The van der Waals surface area contributed by atoms with Gasteiger partial charge in [-0.15, -0.1) is 0 Å². The second kappa shape index (κ2) is 2.96. The molecule has 2 bridgehead atoms. The minimum atomic E-state index is -0.0502. The van der Waals surface area contributed by atoms with Gasteiger partial charge in [-0.2, -0.15) is 0 Å². The summed E-state index contributed by atoms with van der Waals surface area (Å²) < 4.78 is 0. The predicted molar refractivity (Wildman–Crippen MR) is 53.6 cm³/mol. The third kappa shape index (κ3) is 1.50. The molecule has 0 aliphatic carbocycles. The number of aliphatic hydroxyl groups is 1. The maximum Gasteiger partial charge on any atom is 0.0570 e. The number of fused-ring (bicyclic) bond motifs is 2. The van der Waals surface area contributed by atoms with Gasteiger partial charge in [-0.25, -0.2) is 0 Å². The van der Waals surface area contributed by atoms with Crippen LogP contribution < -0.4 is 0 Å². The molecule has 76 valence electrons. The van der Waals surface area contributed by atoms with E-state index in [9.17, 15) is 5.11 Å². The van der Waals surface area contributed by atoms with E-state index in [1.54, 1.807) is 0 Å². The summed E-state index contributed by atoms with van der Waals surface area (Å²) >= 11 is 0. The quantitative estimate of drug-likeness (QED) is 0.617. The Morgan fingerprint density at radius 2 is 2.00 bits per heavy atom. The van der Waals surface area contributed by atoms with Crippen molar-refractivity contribution >= 4 is 0 Å². The largest absolute Gasteiger partial charge is 0.393 e. The Morgan fingerprint density at radius 1 is 1.31 bits per heavy atom. The normalized spacial score (nSPS) is 44.8. The summed E-state index contributed by atoms with van der Waals surface area (Å²) in [7, 11) is 2.22. The molecule has 0 amide bonds. The maximum absolute atomic E-state index is 9.74. The van der Waals surface area contributed by atoms with Gasteiger partial charge in [0.1, 0.15) is 0 Å². The van der Waals surface area contributed by atoms with Crippen molar-refractivity contribution in [2.75, 3.05) is 7.05 Å². The van der Waals surface area contributed by atoms with Crippen LogP contribution in [0.15, 0.2) is 0 Å². The number of hydrogen-bond acceptors (Lipinski definition) is 2. The smallest absolute Gasteiger partial charge is 0.0570 e. The molecule has 2 aliphatic rings. The highest BCUT2D eigenvalue weighted by Gasteiger charge is 2.44. The van der Waals surface area contributed by atoms with Crippen molar-refractivity contribution in [2.24, 2.45) is 5.41 Å². The van der Waals surface area contributed by atoms with Gasteiger partial charge in [-0.3, -0.25) is 4.90 Å². The third-order valence-electron chi connectivity index (χ3n) is 4.13. The van der Waals surface area contributed by atoms with Gasteiger partial charge in [0.25, 0.3) is 0 Å². The molecule has 2 rings (SSSR count). The van der Waals surface area contributed by atoms with E-state index >= 15 is 0 Å². The van der Waals surface area contributed by atoms with Gasteiger partial charge in [-0.1, -0.05) is 13.8 Å². The van der Waals surface area contributed by atoms with Crippen LogP contribution in [0.2, 0.25) is 0 Å². The lowest BCUT2D eigenvalue weighted by molar-refractivity contribution is -0.0677. The number of piperidine rings is 2. The number of nitrogens with zero attached hydrogens (tertiary/aromatic N) is 1. The summed E-state index contributed by atoms with van der Waals surface area (Å²) in [4.78, 5) is 2.50. The molecule has 0 saturated carbocycles. The third-order valence-corrected chi connectivity index (χ3v) is 4.13. The van der Waals surface area contributed by atoms with E-state index < -0.39 is 0 Å². The molecule has 2 heteroatoms. The van der Waals surface area contributed by atoms with E-state index in [0.29, 0.717) is 17.5 Å². The molecule has 0 aromatic rings. The molecule has 0 aromatic heterocycles. The molecule has 2 aliphatic heterocycles. The molecule has 2 fully saturated rings. The van der Waals surface area contributed by atoms with Crippen LogP contribution in [-0.4, -0.2) is 35.2 Å². The Morgan fingerprint density at radius 3 is 2.69 bits per heavy atom. The molecular weight excluding hydrogens is 162 g/mol. The summed E-state index contributed by atoms with van der Waals surface area (Å²) in [6, 6.07) is 1.23. The first kappa shape index (κ1) is 9.47. The average molecular weight is 183 g/mol. The molecule has 2 heterocycles. The number of aliphatic hydroxyl groups excluding tert-OH is 1. The van der Waals surface area contributed by atoms with Crippen LogP contribution in [0.3, 0.4) is 0 Å². The van der Waals surface area contributed by atoms with Gasteiger partial charge >= 0.3 is 0 Å². The van der Waals surface area contributed by atoms with Gasteiger partial charge in [-0.05, 0) is 38.1 Å². The van der Waals surface area contributed by atoms with Gasteiger partial charge < -0.3 is 5.11 Å². The molecule has 1 N–H and O–H groups in total. The highest BCUT2D eigenvalue weighted by atomic mass is 16.3. The molecule has 13 heavy (non-hydrogen) atoms. The summed E-state index contributed by atoms with van der Waals surface area (Å²) in [6.07, 6.45) is 4.49. The molecule has 0 aromatic carbocycles. The van der Waals surface area contributed by atoms with E-state index in [1.807, 2.05) is 0 Å². The maximum atomic E-state index is 9.74. The van der Waals surface area contributed by atoms with Crippen molar-refractivity contribution in [3.8, 4) is 0 Å². The Hall–Kier alpha value is -0.0800. The zero-order valence-corrected chi connectivity index (χ0v) is 8.95. The van der Waals surface area contributed by atoms with Crippen LogP contribution in [0.25, 0.3) is 0 Å². The van der Waals surface area contributed by atoms with Crippen LogP contribution >= 0.6 is 0 Å². The Balaban J connectivity index is 2.19. The summed E-state index contributed by atoms with van der Waals surface area (Å²) in [6.45, 7) is 4.67. The molecule has 0 radical (unpaired) electrons. The fraction of sp³-hybridized carbons (Fsp3) is 1.00. The lowest BCUT2D eigenvalue weighted by atomic mass is 9.68. The standard InChI is InChI=1S/C11H21NO/c1-11(2)5-4-8-6-9(13)7-10(11)12(8)3/h8-10,13H,4-7H2,1-3H3/t8-,9-,10-/m1/s1. The zero-order valence-electron chi connectivity index (χ0n) is 8.95. The fourth-order valence-corrected chi connectivity index (χ4v) is 3.15. The monoisotopic (exact) mass is 183 g/mol. The van der Waals surface area contributed by atoms with Gasteiger partial charge in [0.15, 0.2) is 0 Å². The van der Waals surface area contributed by atoms with Crippen molar-refractivity contribution in [3.05, 3.63) is 0 Å². The minimum absolute atomic E-state index is 0.0502. The topological polar surface area (TPSA) is 23.5 Å². The van der Waals surface area contributed by atoms with E-state index in [2.05, 4.69) is 25.8 Å². The van der Waals surface area contributed by atoms with Crippen molar-refractivity contribution in [1.29, 1.82) is 0 Å². The van der Waals surface area contributed by atoms with Crippen molar-refractivity contribution in [2.45, 2.75) is 57.7 Å². The lowest BCUT2D eigenvalue weighted by Crippen LogP contribution is -2.58. The van der Waals surface area contributed by atoms with Crippen LogP contribution in [0, 0.1) is 5.41 Å². The van der Waals surface area contributed by atoms with Crippen molar-refractivity contribution in [1.82, 2.24) is 4.90 Å². The van der Waals surface area contributed by atoms with Crippen LogP contribution in [-0.2, 0) is 0 Å². The first-order valence-electron chi connectivity index (χ1n) is 5.41. The lowest BCUT2D eigenvalue weighted by Gasteiger charge is -2.53.